The highest BCUT2D eigenvalue weighted by Crippen LogP contribution is 2.16. The van der Waals surface area contributed by atoms with Crippen LogP contribution in [0.3, 0.4) is 0 Å². The van der Waals surface area contributed by atoms with Gasteiger partial charge in [-0.3, -0.25) is 0 Å². The average molecular weight is 234 g/mol. The average Bonchev–Trinajstić information content (AvgIpc) is 2.56. The van der Waals surface area contributed by atoms with Gasteiger partial charge in [0.2, 0.25) is 0 Å². The summed E-state index contributed by atoms with van der Waals surface area (Å²) in [6, 6.07) is 1.22. The summed E-state index contributed by atoms with van der Waals surface area (Å²) in [4.78, 5) is 10.6. The van der Waals surface area contributed by atoms with Crippen LogP contribution in [0.4, 0.5) is 5.69 Å². The van der Waals surface area contributed by atoms with Crippen molar-refractivity contribution >= 4 is 5.69 Å². The molecule has 1 aliphatic heterocycles. The number of nitrogens with zero attached hydrogens (tertiary/aromatic N) is 3. The molecule has 0 radical (unpaired) electrons. The fourth-order valence-corrected chi connectivity index (χ4v) is 2.39. The Morgan fingerprint density at radius 2 is 2.00 bits per heavy atom. The number of rotatable bonds is 3. The first-order chi connectivity index (χ1) is 8.25. The van der Waals surface area contributed by atoms with Crippen molar-refractivity contribution in [2.45, 2.75) is 45.2 Å². The molecule has 4 nitrogen and oxygen atoms in total. The first kappa shape index (κ1) is 12.3. The van der Waals surface area contributed by atoms with Gasteiger partial charge in [-0.05, 0) is 39.7 Å². The topological polar surface area (TPSA) is 41.0 Å². The summed E-state index contributed by atoms with van der Waals surface area (Å²) in [7, 11) is 0. The highest BCUT2D eigenvalue weighted by molar-refractivity contribution is 5.38. The summed E-state index contributed by atoms with van der Waals surface area (Å²) in [5, 5.41) is 3.53. The summed E-state index contributed by atoms with van der Waals surface area (Å²) in [6.07, 6.45) is 8.96. The van der Waals surface area contributed by atoms with Crippen LogP contribution < -0.4 is 5.32 Å². The molecular weight excluding hydrogens is 212 g/mol. The second kappa shape index (κ2) is 5.96. The lowest BCUT2D eigenvalue weighted by molar-refractivity contribution is 0.230. The lowest BCUT2D eigenvalue weighted by atomic mass is 10.1. The molecule has 1 aromatic rings. The highest BCUT2D eigenvalue weighted by atomic mass is 15.1. The van der Waals surface area contributed by atoms with Gasteiger partial charge in [0.1, 0.15) is 6.33 Å². The van der Waals surface area contributed by atoms with Crippen LogP contribution >= 0.6 is 0 Å². The monoisotopic (exact) mass is 234 g/mol. The molecule has 2 heterocycles. The number of anilines is 1. The van der Waals surface area contributed by atoms with E-state index in [-0.39, 0.29) is 0 Å². The molecule has 0 aromatic carbocycles. The maximum Gasteiger partial charge on any atom is 0.115 e. The first-order valence-corrected chi connectivity index (χ1v) is 6.51. The van der Waals surface area contributed by atoms with Gasteiger partial charge < -0.3 is 10.2 Å². The number of aromatic nitrogens is 2. The molecule has 17 heavy (non-hydrogen) atoms. The molecule has 1 atom stereocenters. The second-order valence-corrected chi connectivity index (χ2v) is 5.03. The van der Waals surface area contributed by atoms with E-state index >= 15 is 0 Å². The van der Waals surface area contributed by atoms with Gasteiger partial charge in [0, 0.05) is 18.6 Å². The third kappa shape index (κ3) is 3.66. The molecule has 1 saturated heterocycles. The number of hydrogen-bond acceptors (Lipinski definition) is 4. The zero-order valence-electron chi connectivity index (χ0n) is 10.8. The van der Waals surface area contributed by atoms with Crippen molar-refractivity contribution in [2.24, 2.45) is 0 Å². The van der Waals surface area contributed by atoms with Crippen LogP contribution in [-0.2, 0) is 0 Å². The zero-order valence-corrected chi connectivity index (χ0v) is 10.8. The molecule has 1 N–H and O–H groups in total. The van der Waals surface area contributed by atoms with Gasteiger partial charge in [0.15, 0.2) is 0 Å². The van der Waals surface area contributed by atoms with Crippen LogP contribution in [0.5, 0.6) is 0 Å². The van der Waals surface area contributed by atoms with Crippen molar-refractivity contribution in [1.29, 1.82) is 0 Å². The van der Waals surface area contributed by atoms with E-state index in [9.17, 15) is 0 Å². The molecular formula is C13H22N4. The standard InChI is InChI=1S/C13H22N4/c1-11(2)17-6-3-4-12(5-7-17)16-13-8-14-10-15-9-13/h8-12,16H,3-7H2,1-2H3. The third-order valence-corrected chi connectivity index (χ3v) is 3.42. The van der Waals surface area contributed by atoms with Crippen LogP contribution in [0.15, 0.2) is 18.7 Å². The lowest BCUT2D eigenvalue weighted by Crippen LogP contribution is -2.32. The van der Waals surface area contributed by atoms with Gasteiger partial charge in [0.05, 0.1) is 18.1 Å². The van der Waals surface area contributed by atoms with Crippen LogP contribution in [0.1, 0.15) is 33.1 Å². The Kier molecular flexibility index (Phi) is 4.31. The van der Waals surface area contributed by atoms with E-state index in [2.05, 4.69) is 34.0 Å². The summed E-state index contributed by atoms with van der Waals surface area (Å²) in [6.45, 7) is 6.96. The fraction of sp³-hybridized carbons (Fsp3) is 0.692. The maximum absolute atomic E-state index is 4.03. The Balaban J connectivity index is 1.87. The Bertz CT molecular complexity index is 325. The highest BCUT2D eigenvalue weighted by Gasteiger charge is 2.18. The molecule has 1 aliphatic rings. The predicted octanol–water partition coefficient (Wildman–Crippen LogP) is 2.15. The Labute approximate surface area is 103 Å². The fourth-order valence-electron chi connectivity index (χ4n) is 2.39. The van der Waals surface area contributed by atoms with E-state index < -0.39 is 0 Å². The van der Waals surface area contributed by atoms with Crippen molar-refractivity contribution in [3.8, 4) is 0 Å². The molecule has 0 aliphatic carbocycles. The van der Waals surface area contributed by atoms with Gasteiger partial charge in [0.25, 0.3) is 0 Å². The van der Waals surface area contributed by atoms with Gasteiger partial charge in [-0.25, -0.2) is 9.97 Å². The molecule has 1 unspecified atom stereocenters. The normalized spacial score (nSPS) is 22.4. The van der Waals surface area contributed by atoms with E-state index in [1.165, 1.54) is 32.4 Å². The molecule has 4 heteroatoms. The van der Waals surface area contributed by atoms with Crippen molar-refractivity contribution in [3.63, 3.8) is 0 Å². The summed E-state index contributed by atoms with van der Waals surface area (Å²) >= 11 is 0. The SMILES string of the molecule is CC(C)N1CCCC(Nc2cncnc2)CC1. The van der Waals surface area contributed by atoms with Crippen molar-refractivity contribution in [2.75, 3.05) is 18.4 Å². The van der Waals surface area contributed by atoms with Crippen molar-refractivity contribution in [3.05, 3.63) is 18.7 Å². The molecule has 94 valence electrons. The molecule has 0 bridgehead atoms. The first-order valence-electron chi connectivity index (χ1n) is 6.51. The number of hydrogen-bond donors (Lipinski definition) is 1. The quantitative estimate of drug-likeness (QED) is 0.870. The van der Waals surface area contributed by atoms with Crippen LogP contribution in [0, 0.1) is 0 Å². The molecule has 1 aromatic heterocycles. The molecule has 0 saturated carbocycles. The van der Waals surface area contributed by atoms with Gasteiger partial charge in [-0.1, -0.05) is 0 Å². The minimum Gasteiger partial charge on any atom is -0.380 e. The van der Waals surface area contributed by atoms with Crippen molar-refractivity contribution < 1.29 is 0 Å². The summed E-state index contributed by atoms with van der Waals surface area (Å²) < 4.78 is 0. The van der Waals surface area contributed by atoms with E-state index in [0.29, 0.717) is 12.1 Å². The zero-order chi connectivity index (χ0) is 12.1. The Hall–Kier alpha value is -1.16. The molecule has 1 fully saturated rings. The Morgan fingerprint density at radius 1 is 1.24 bits per heavy atom. The molecule has 2 rings (SSSR count). The van der Waals surface area contributed by atoms with Gasteiger partial charge in [-0.15, -0.1) is 0 Å². The van der Waals surface area contributed by atoms with Gasteiger partial charge >= 0.3 is 0 Å². The minimum atomic E-state index is 0.560. The molecule has 0 spiro atoms. The summed E-state index contributed by atoms with van der Waals surface area (Å²) in [5.74, 6) is 0. The molecule has 0 amide bonds. The van der Waals surface area contributed by atoms with E-state index in [0.717, 1.165) is 5.69 Å². The van der Waals surface area contributed by atoms with Crippen LogP contribution in [-0.4, -0.2) is 40.0 Å². The van der Waals surface area contributed by atoms with Crippen LogP contribution in [0.25, 0.3) is 0 Å². The largest absolute Gasteiger partial charge is 0.380 e. The number of nitrogens with one attached hydrogen (secondary N) is 1. The predicted molar refractivity (Wildman–Crippen MR) is 70.0 cm³/mol. The Morgan fingerprint density at radius 3 is 2.71 bits per heavy atom. The minimum absolute atomic E-state index is 0.560. The number of likely N-dealkylation sites (tertiary alicyclic amines) is 1. The van der Waals surface area contributed by atoms with E-state index in [1.807, 2.05) is 12.4 Å². The van der Waals surface area contributed by atoms with Gasteiger partial charge in [-0.2, -0.15) is 0 Å². The maximum atomic E-state index is 4.03. The lowest BCUT2D eigenvalue weighted by Gasteiger charge is -2.24. The third-order valence-electron chi connectivity index (χ3n) is 3.42. The van der Waals surface area contributed by atoms with Crippen molar-refractivity contribution in [1.82, 2.24) is 14.9 Å². The van der Waals surface area contributed by atoms with E-state index in [4.69, 9.17) is 0 Å². The smallest absolute Gasteiger partial charge is 0.115 e. The van der Waals surface area contributed by atoms with E-state index in [1.54, 1.807) is 6.33 Å². The summed E-state index contributed by atoms with van der Waals surface area (Å²) in [5.41, 5.74) is 1.04. The van der Waals surface area contributed by atoms with Crippen LogP contribution in [0.2, 0.25) is 0 Å². The second-order valence-electron chi connectivity index (χ2n) is 5.03.